The van der Waals surface area contributed by atoms with Gasteiger partial charge in [0.25, 0.3) is 0 Å². The van der Waals surface area contributed by atoms with Crippen molar-refractivity contribution in [3.8, 4) is 0 Å². The monoisotopic (exact) mass is 374 g/mol. The fourth-order valence-electron chi connectivity index (χ4n) is 2.58. The molecular weight excluding hydrogens is 357 g/mol. The topological polar surface area (TPSA) is 71.2 Å². The van der Waals surface area contributed by atoms with Crippen molar-refractivity contribution in [3.63, 3.8) is 0 Å². The fraction of sp³-hybridized carbons (Fsp3) is 0.571. The van der Waals surface area contributed by atoms with Crippen LogP contribution in [0.5, 0.6) is 0 Å². The second kappa shape index (κ2) is 7.16. The molecule has 0 aliphatic carbocycles. The molecular formula is C14H17F3N6OS. The van der Waals surface area contributed by atoms with E-state index >= 15 is 0 Å². The zero-order chi connectivity index (χ0) is 18.0. The van der Waals surface area contributed by atoms with Crippen LogP contribution in [-0.2, 0) is 12.7 Å². The number of hydrogen-bond donors (Lipinski definition) is 0. The number of aromatic nitrogens is 4. The van der Waals surface area contributed by atoms with Crippen molar-refractivity contribution in [2.24, 2.45) is 0 Å². The Balaban J connectivity index is 1.60. The number of hydrogen-bond acceptors (Lipinski definition) is 8. The lowest BCUT2D eigenvalue weighted by atomic mass is 10.2. The maximum atomic E-state index is 12.5. The number of aryl methyl sites for hydroxylation is 1. The van der Waals surface area contributed by atoms with Gasteiger partial charge in [0.15, 0.2) is 5.16 Å². The second-order valence-electron chi connectivity index (χ2n) is 5.63. The molecule has 7 nitrogen and oxygen atoms in total. The fourth-order valence-corrected chi connectivity index (χ4v) is 2.91. The van der Waals surface area contributed by atoms with Gasteiger partial charge in [-0.2, -0.15) is 13.2 Å². The Morgan fingerprint density at radius 2 is 1.92 bits per heavy atom. The first-order valence-corrected chi connectivity index (χ1v) is 8.84. The first-order valence-electron chi connectivity index (χ1n) is 7.61. The van der Waals surface area contributed by atoms with Crippen LogP contribution in [0.2, 0.25) is 0 Å². The first kappa shape index (κ1) is 17.9. The van der Waals surface area contributed by atoms with E-state index in [4.69, 9.17) is 0 Å². The quantitative estimate of drug-likeness (QED) is 0.596. The average Bonchev–Trinajstić information content (AvgIpc) is 3.05. The number of piperazine rings is 1. The molecule has 3 rings (SSSR count). The molecule has 136 valence electrons. The SMILES string of the molecule is CSc1ncc(C)c(N2CCN(Cc3nnc(C(F)(F)F)o3)CC2)n1. The van der Waals surface area contributed by atoms with Crippen LogP contribution in [0.3, 0.4) is 0 Å². The van der Waals surface area contributed by atoms with Gasteiger partial charge in [0, 0.05) is 37.9 Å². The van der Waals surface area contributed by atoms with Gasteiger partial charge in [0.2, 0.25) is 5.89 Å². The molecule has 1 aliphatic rings. The summed E-state index contributed by atoms with van der Waals surface area (Å²) in [7, 11) is 0. The van der Waals surface area contributed by atoms with Crippen LogP contribution in [-0.4, -0.2) is 57.5 Å². The summed E-state index contributed by atoms with van der Waals surface area (Å²) in [6, 6.07) is 0. The highest BCUT2D eigenvalue weighted by molar-refractivity contribution is 7.98. The summed E-state index contributed by atoms with van der Waals surface area (Å²) in [5.41, 5.74) is 0.998. The summed E-state index contributed by atoms with van der Waals surface area (Å²) >= 11 is 1.48. The third kappa shape index (κ3) is 4.21. The minimum absolute atomic E-state index is 0.0244. The largest absolute Gasteiger partial charge is 0.470 e. The standard InChI is InChI=1S/C14H17F3N6OS/c1-9-7-18-13(25-2)19-11(9)23-5-3-22(4-6-23)8-10-20-21-12(24-10)14(15,16)17/h7H,3-6,8H2,1-2H3. The van der Waals surface area contributed by atoms with Gasteiger partial charge in [-0.3, -0.25) is 4.90 Å². The van der Waals surface area contributed by atoms with E-state index in [0.717, 1.165) is 11.4 Å². The molecule has 2 aromatic rings. The van der Waals surface area contributed by atoms with Crippen molar-refractivity contribution in [2.45, 2.75) is 24.8 Å². The summed E-state index contributed by atoms with van der Waals surface area (Å²) in [4.78, 5) is 12.9. The lowest BCUT2D eigenvalue weighted by Crippen LogP contribution is -2.46. The Kier molecular flexibility index (Phi) is 5.13. The predicted molar refractivity (Wildman–Crippen MR) is 85.3 cm³/mol. The molecule has 0 radical (unpaired) electrons. The average molecular weight is 374 g/mol. The van der Waals surface area contributed by atoms with Gasteiger partial charge in [-0.05, 0) is 13.2 Å². The first-order chi connectivity index (χ1) is 11.9. The Hall–Kier alpha value is -1.88. The number of thioether (sulfide) groups is 1. The zero-order valence-corrected chi connectivity index (χ0v) is 14.6. The maximum Gasteiger partial charge on any atom is 0.470 e. The van der Waals surface area contributed by atoms with E-state index < -0.39 is 12.1 Å². The van der Waals surface area contributed by atoms with Crippen molar-refractivity contribution < 1.29 is 17.6 Å². The predicted octanol–water partition coefficient (Wildman–Crippen LogP) is 2.23. The molecule has 1 fully saturated rings. The number of halogens is 3. The van der Waals surface area contributed by atoms with Gasteiger partial charge in [0.05, 0.1) is 6.54 Å². The second-order valence-corrected chi connectivity index (χ2v) is 6.40. The third-order valence-electron chi connectivity index (χ3n) is 3.85. The van der Waals surface area contributed by atoms with E-state index in [9.17, 15) is 13.2 Å². The maximum absolute atomic E-state index is 12.5. The Labute approximate surface area is 146 Å². The van der Waals surface area contributed by atoms with E-state index in [1.54, 1.807) is 6.20 Å². The lowest BCUT2D eigenvalue weighted by molar-refractivity contribution is -0.157. The molecule has 1 saturated heterocycles. The summed E-state index contributed by atoms with van der Waals surface area (Å²) in [5, 5.41) is 7.24. The van der Waals surface area contributed by atoms with Crippen molar-refractivity contribution in [1.82, 2.24) is 25.1 Å². The van der Waals surface area contributed by atoms with Crippen molar-refractivity contribution in [1.29, 1.82) is 0 Å². The van der Waals surface area contributed by atoms with Crippen LogP contribution >= 0.6 is 11.8 Å². The lowest BCUT2D eigenvalue weighted by Gasteiger charge is -2.35. The molecule has 0 bridgehead atoms. The summed E-state index contributed by atoms with van der Waals surface area (Å²) in [6.45, 7) is 4.93. The van der Waals surface area contributed by atoms with E-state index in [1.807, 2.05) is 18.1 Å². The van der Waals surface area contributed by atoms with Crippen LogP contribution in [0.25, 0.3) is 0 Å². The van der Waals surface area contributed by atoms with Crippen molar-refractivity contribution in [3.05, 3.63) is 23.5 Å². The van der Waals surface area contributed by atoms with Gasteiger partial charge >= 0.3 is 12.1 Å². The van der Waals surface area contributed by atoms with Gasteiger partial charge in [-0.15, -0.1) is 10.2 Å². The summed E-state index contributed by atoms with van der Waals surface area (Å²) in [6.07, 6.45) is -0.882. The molecule has 0 aromatic carbocycles. The van der Waals surface area contributed by atoms with E-state index in [2.05, 4.69) is 29.5 Å². The number of rotatable bonds is 4. The van der Waals surface area contributed by atoms with Gasteiger partial charge in [-0.1, -0.05) is 11.8 Å². The van der Waals surface area contributed by atoms with Gasteiger partial charge in [0.1, 0.15) is 5.82 Å². The molecule has 11 heteroatoms. The van der Waals surface area contributed by atoms with Crippen LogP contribution < -0.4 is 4.90 Å². The number of anilines is 1. The molecule has 0 atom stereocenters. The van der Waals surface area contributed by atoms with Gasteiger partial charge < -0.3 is 9.32 Å². The summed E-state index contributed by atoms with van der Waals surface area (Å²) in [5.74, 6) is -0.429. The Morgan fingerprint density at radius 3 is 2.52 bits per heavy atom. The number of nitrogens with zero attached hydrogens (tertiary/aromatic N) is 6. The molecule has 0 spiro atoms. The van der Waals surface area contributed by atoms with Gasteiger partial charge in [-0.25, -0.2) is 9.97 Å². The highest BCUT2D eigenvalue weighted by Crippen LogP contribution is 2.28. The Bertz CT molecular complexity index is 730. The molecule has 25 heavy (non-hydrogen) atoms. The van der Waals surface area contributed by atoms with Crippen LogP contribution in [0.1, 0.15) is 17.3 Å². The van der Waals surface area contributed by atoms with E-state index in [1.165, 1.54) is 11.8 Å². The van der Waals surface area contributed by atoms with Crippen molar-refractivity contribution in [2.75, 3.05) is 37.3 Å². The van der Waals surface area contributed by atoms with E-state index in [-0.39, 0.29) is 12.4 Å². The molecule has 2 aromatic heterocycles. The molecule has 3 heterocycles. The zero-order valence-electron chi connectivity index (χ0n) is 13.7. The van der Waals surface area contributed by atoms with Crippen LogP contribution in [0, 0.1) is 6.92 Å². The molecule has 0 unspecified atom stereocenters. The minimum Gasteiger partial charge on any atom is -0.416 e. The third-order valence-corrected chi connectivity index (χ3v) is 4.41. The summed E-state index contributed by atoms with van der Waals surface area (Å²) < 4.78 is 42.2. The van der Waals surface area contributed by atoms with Crippen LogP contribution in [0.4, 0.5) is 19.0 Å². The van der Waals surface area contributed by atoms with Crippen LogP contribution in [0.15, 0.2) is 15.8 Å². The normalized spacial score (nSPS) is 16.4. The van der Waals surface area contributed by atoms with E-state index in [0.29, 0.717) is 31.3 Å². The van der Waals surface area contributed by atoms with Crippen molar-refractivity contribution >= 4 is 17.6 Å². The highest BCUT2D eigenvalue weighted by Gasteiger charge is 2.38. The molecule has 0 saturated carbocycles. The molecule has 0 amide bonds. The minimum atomic E-state index is -4.61. The highest BCUT2D eigenvalue weighted by atomic mass is 32.2. The smallest absolute Gasteiger partial charge is 0.416 e. The Morgan fingerprint density at radius 1 is 1.20 bits per heavy atom. The molecule has 0 N–H and O–H groups in total. The number of alkyl halides is 3. The molecule has 1 aliphatic heterocycles.